The van der Waals surface area contributed by atoms with Crippen molar-refractivity contribution < 1.29 is 23.0 Å². The van der Waals surface area contributed by atoms with Crippen LogP contribution >= 0.6 is 0 Å². The lowest BCUT2D eigenvalue weighted by Crippen LogP contribution is -2.52. The molecular formula is C26H24F2N8O3. The van der Waals surface area contributed by atoms with E-state index >= 15 is 0 Å². The van der Waals surface area contributed by atoms with Gasteiger partial charge in [0.1, 0.15) is 30.5 Å². The third kappa shape index (κ3) is 4.83. The number of anilines is 2. The van der Waals surface area contributed by atoms with Crippen molar-refractivity contribution in [3.63, 3.8) is 0 Å². The molecule has 6 rings (SSSR count). The van der Waals surface area contributed by atoms with E-state index in [2.05, 4.69) is 35.7 Å². The first-order valence-electron chi connectivity index (χ1n) is 12.2. The van der Waals surface area contributed by atoms with E-state index in [4.69, 9.17) is 14.2 Å². The van der Waals surface area contributed by atoms with Gasteiger partial charge in [-0.25, -0.2) is 33.2 Å². The van der Waals surface area contributed by atoms with Crippen molar-refractivity contribution in [3.8, 4) is 23.1 Å². The van der Waals surface area contributed by atoms with E-state index in [1.54, 1.807) is 24.3 Å². The summed E-state index contributed by atoms with van der Waals surface area (Å²) in [4.78, 5) is 17.1. The van der Waals surface area contributed by atoms with Gasteiger partial charge in [-0.15, -0.1) is 0 Å². The average molecular weight is 535 g/mol. The molecular weight excluding hydrogens is 510 g/mol. The molecule has 0 radical (unpaired) electrons. The van der Waals surface area contributed by atoms with Gasteiger partial charge in [0.05, 0.1) is 24.6 Å². The van der Waals surface area contributed by atoms with Crippen molar-refractivity contribution >= 4 is 28.1 Å². The molecule has 0 aliphatic carbocycles. The standard InChI is InChI=1S/C26H24F2N8O3/c1-15-9-16(3-5-18(15)38-22-10-21-31-13-34-36(21)14-33-22)35-25-23-17(30-12-32-25)4-6-19(37-2)24(23)39-20-7-8-29-11-26(20,27)28/h3-6,9-10,12-14,20,29H,7-8,11H2,1-2H3,(H,30,32,35). The molecule has 1 unspecified atom stereocenters. The first-order chi connectivity index (χ1) is 18.9. The van der Waals surface area contributed by atoms with Gasteiger partial charge in [0.15, 0.2) is 23.3 Å². The van der Waals surface area contributed by atoms with Crippen LogP contribution in [0.3, 0.4) is 0 Å². The number of piperidine rings is 1. The molecule has 4 heterocycles. The summed E-state index contributed by atoms with van der Waals surface area (Å²) in [6, 6.07) is 10.6. The third-order valence-corrected chi connectivity index (χ3v) is 6.42. The number of aryl methyl sites for hydroxylation is 1. The maximum Gasteiger partial charge on any atom is 0.296 e. The number of halogens is 2. The molecule has 1 aliphatic rings. The highest BCUT2D eigenvalue weighted by Crippen LogP contribution is 2.42. The van der Waals surface area contributed by atoms with Crippen molar-refractivity contribution in [1.82, 2.24) is 34.9 Å². The Morgan fingerprint density at radius 3 is 2.74 bits per heavy atom. The van der Waals surface area contributed by atoms with Gasteiger partial charge in [-0.05, 0) is 49.4 Å². The largest absolute Gasteiger partial charge is 0.493 e. The lowest BCUT2D eigenvalue weighted by atomic mass is 10.1. The number of nitrogens with zero attached hydrogens (tertiary/aromatic N) is 6. The van der Waals surface area contributed by atoms with Crippen molar-refractivity contribution in [2.75, 3.05) is 25.5 Å². The molecule has 1 fully saturated rings. The molecule has 1 atom stereocenters. The predicted octanol–water partition coefficient (Wildman–Crippen LogP) is 4.30. The number of ether oxygens (including phenoxy) is 3. The molecule has 39 heavy (non-hydrogen) atoms. The summed E-state index contributed by atoms with van der Waals surface area (Å²) in [5, 5.41) is 10.4. The monoisotopic (exact) mass is 534 g/mol. The number of fused-ring (bicyclic) bond motifs is 2. The molecule has 0 saturated carbocycles. The fourth-order valence-corrected chi connectivity index (χ4v) is 4.43. The highest BCUT2D eigenvalue weighted by atomic mass is 19.3. The van der Waals surface area contributed by atoms with Gasteiger partial charge < -0.3 is 24.8 Å². The molecule has 3 aromatic heterocycles. The van der Waals surface area contributed by atoms with Crippen LogP contribution in [0.15, 0.2) is 55.4 Å². The molecule has 2 N–H and O–H groups in total. The predicted molar refractivity (Wildman–Crippen MR) is 138 cm³/mol. The van der Waals surface area contributed by atoms with Gasteiger partial charge >= 0.3 is 0 Å². The second kappa shape index (κ2) is 9.91. The Morgan fingerprint density at radius 1 is 1.05 bits per heavy atom. The van der Waals surface area contributed by atoms with Crippen LogP contribution < -0.4 is 24.8 Å². The highest BCUT2D eigenvalue weighted by Gasteiger charge is 2.44. The van der Waals surface area contributed by atoms with Crippen LogP contribution in [0.5, 0.6) is 23.1 Å². The molecule has 0 spiro atoms. The minimum Gasteiger partial charge on any atom is -0.493 e. The number of hydrogen-bond acceptors (Lipinski definition) is 10. The van der Waals surface area contributed by atoms with E-state index in [0.717, 1.165) is 5.56 Å². The Bertz CT molecular complexity index is 1660. The maximum atomic E-state index is 14.6. The first kappa shape index (κ1) is 24.7. The quantitative estimate of drug-likeness (QED) is 0.313. The van der Waals surface area contributed by atoms with Crippen LogP contribution in [-0.2, 0) is 0 Å². The van der Waals surface area contributed by atoms with Crippen molar-refractivity contribution in [2.24, 2.45) is 0 Å². The zero-order valence-electron chi connectivity index (χ0n) is 21.1. The zero-order chi connectivity index (χ0) is 27.0. The Balaban J connectivity index is 1.31. The fourth-order valence-electron chi connectivity index (χ4n) is 4.43. The van der Waals surface area contributed by atoms with Crippen LogP contribution in [0.2, 0.25) is 0 Å². The van der Waals surface area contributed by atoms with E-state index in [0.29, 0.717) is 52.0 Å². The van der Waals surface area contributed by atoms with E-state index in [1.165, 1.54) is 30.6 Å². The minimum absolute atomic E-state index is 0.141. The Kier molecular flexibility index (Phi) is 6.27. The molecule has 200 valence electrons. The van der Waals surface area contributed by atoms with Crippen LogP contribution in [0.4, 0.5) is 20.3 Å². The minimum atomic E-state index is -3.05. The second-order valence-electron chi connectivity index (χ2n) is 9.04. The number of nitrogens with one attached hydrogen (secondary N) is 2. The summed E-state index contributed by atoms with van der Waals surface area (Å²) >= 11 is 0. The van der Waals surface area contributed by atoms with Crippen molar-refractivity contribution in [3.05, 3.63) is 60.9 Å². The summed E-state index contributed by atoms with van der Waals surface area (Å²) in [5.41, 5.74) is 2.65. The lowest BCUT2D eigenvalue weighted by Gasteiger charge is -2.32. The lowest BCUT2D eigenvalue weighted by molar-refractivity contribution is -0.108. The molecule has 1 saturated heterocycles. The number of aromatic nitrogens is 6. The molecule has 1 aliphatic heterocycles. The number of alkyl halides is 2. The molecule has 2 aromatic carbocycles. The fraction of sp³-hybridized carbons (Fsp3) is 0.269. The van der Waals surface area contributed by atoms with Crippen molar-refractivity contribution in [1.29, 1.82) is 0 Å². The smallest absolute Gasteiger partial charge is 0.296 e. The molecule has 5 aromatic rings. The summed E-state index contributed by atoms with van der Waals surface area (Å²) in [6.45, 7) is 1.86. The SMILES string of the molecule is COc1ccc2ncnc(Nc3ccc(Oc4cc5ncnn5cn4)c(C)c3)c2c1OC1CCNCC1(F)F. The summed E-state index contributed by atoms with van der Waals surface area (Å²) < 4.78 is 48.2. The number of benzene rings is 2. The van der Waals surface area contributed by atoms with Gasteiger partial charge in [-0.1, -0.05) is 0 Å². The zero-order valence-corrected chi connectivity index (χ0v) is 21.1. The normalized spacial score (nSPS) is 16.8. The Labute approximate surface area is 221 Å². The van der Waals surface area contributed by atoms with Crippen LogP contribution in [0.25, 0.3) is 16.6 Å². The molecule has 11 nitrogen and oxygen atoms in total. The van der Waals surface area contributed by atoms with Crippen LogP contribution in [0.1, 0.15) is 12.0 Å². The van der Waals surface area contributed by atoms with E-state index in [-0.39, 0.29) is 12.2 Å². The first-order valence-corrected chi connectivity index (χ1v) is 12.2. The summed E-state index contributed by atoms with van der Waals surface area (Å²) in [5.74, 6) is -1.20. The number of methoxy groups -OCH3 is 1. The van der Waals surface area contributed by atoms with E-state index < -0.39 is 18.6 Å². The van der Waals surface area contributed by atoms with E-state index in [9.17, 15) is 8.78 Å². The molecule has 13 heteroatoms. The van der Waals surface area contributed by atoms with Crippen LogP contribution in [-0.4, -0.2) is 61.8 Å². The Morgan fingerprint density at radius 2 is 1.92 bits per heavy atom. The van der Waals surface area contributed by atoms with Gasteiger partial charge in [-0.2, -0.15) is 5.10 Å². The summed E-state index contributed by atoms with van der Waals surface area (Å²) in [7, 11) is 1.46. The molecule has 0 amide bonds. The topological polar surface area (TPSA) is 121 Å². The highest BCUT2D eigenvalue weighted by molar-refractivity contribution is 5.97. The maximum absolute atomic E-state index is 14.6. The number of hydrogen-bond donors (Lipinski definition) is 2. The van der Waals surface area contributed by atoms with Gasteiger partial charge in [0.2, 0.25) is 5.88 Å². The number of rotatable bonds is 7. The summed E-state index contributed by atoms with van der Waals surface area (Å²) in [6.07, 6.45) is 3.18. The third-order valence-electron chi connectivity index (χ3n) is 6.42. The van der Waals surface area contributed by atoms with Gasteiger partial charge in [0, 0.05) is 18.2 Å². The van der Waals surface area contributed by atoms with Gasteiger partial charge in [-0.3, -0.25) is 0 Å². The molecule has 0 bridgehead atoms. The van der Waals surface area contributed by atoms with E-state index in [1.807, 2.05) is 19.1 Å². The van der Waals surface area contributed by atoms with Crippen LogP contribution in [0, 0.1) is 6.92 Å². The van der Waals surface area contributed by atoms with Gasteiger partial charge in [0.25, 0.3) is 5.92 Å². The van der Waals surface area contributed by atoms with Crippen molar-refractivity contribution in [2.45, 2.75) is 25.4 Å². The Hall–Kier alpha value is -4.65. The second-order valence-corrected chi connectivity index (χ2v) is 9.04. The average Bonchev–Trinajstić information content (AvgIpc) is 3.39.